The average molecular weight is 749 g/mol. The lowest BCUT2D eigenvalue weighted by Crippen LogP contribution is -2.37. The molecule has 0 saturated heterocycles. The molecule has 0 saturated carbocycles. The number of likely N-dealkylation sites (N-methyl/N-ethyl adjacent to an activating group) is 1. The SMILES string of the molecule is CCCCCCCCCCCCCCCCCCOC(COC(=O)CCCCCCCCCCCCCCC)COP(=O)(O)OCC[N+](C)(C)C. The highest BCUT2D eigenvalue weighted by Crippen LogP contribution is 2.43. The third-order valence-electron chi connectivity index (χ3n) is 9.71. The van der Waals surface area contributed by atoms with Crippen molar-refractivity contribution in [2.45, 2.75) is 213 Å². The Balaban J connectivity index is 4.19. The van der Waals surface area contributed by atoms with E-state index in [-0.39, 0.29) is 25.8 Å². The predicted molar refractivity (Wildman–Crippen MR) is 215 cm³/mol. The van der Waals surface area contributed by atoms with E-state index in [0.717, 1.165) is 32.1 Å². The Kier molecular flexibility index (Phi) is 36.1. The normalized spacial score (nSPS) is 13.8. The van der Waals surface area contributed by atoms with Gasteiger partial charge in [-0.1, -0.05) is 187 Å². The van der Waals surface area contributed by atoms with Gasteiger partial charge in [0, 0.05) is 13.0 Å². The van der Waals surface area contributed by atoms with Gasteiger partial charge >= 0.3 is 13.8 Å². The van der Waals surface area contributed by atoms with Gasteiger partial charge in [0.1, 0.15) is 25.9 Å². The van der Waals surface area contributed by atoms with Gasteiger partial charge in [-0.15, -0.1) is 0 Å². The summed E-state index contributed by atoms with van der Waals surface area (Å²) in [6.45, 7) is 5.56. The van der Waals surface area contributed by atoms with Gasteiger partial charge in [-0.3, -0.25) is 13.8 Å². The standard InChI is InChI=1S/C42H86NO7P/c1-6-8-10-12-14-16-18-20-21-22-24-26-28-30-32-34-37-47-41(40-50-51(45,46)49-38-36-43(3,4)5)39-48-42(44)35-33-31-29-27-25-23-19-17-15-13-11-9-7-2/h41H,6-40H2,1-5H3/p+1. The van der Waals surface area contributed by atoms with Crippen LogP contribution in [0.4, 0.5) is 0 Å². The molecule has 0 aromatic rings. The zero-order chi connectivity index (χ0) is 37.7. The molecule has 0 heterocycles. The zero-order valence-electron chi connectivity index (χ0n) is 34.6. The molecule has 2 atom stereocenters. The summed E-state index contributed by atoms with van der Waals surface area (Å²) in [6.07, 6.45) is 37.1. The molecule has 8 nitrogen and oxygen atoms in total. The van der Waals surface area contributed by atoms with Crippen molar-refractivity contribution in [3.63, 3.8) is 0 Å². The van der Waals surface area contributed by atoms with Crippen LogP contribution in [0.15, 0.2) is 0 Å². The van der Waals surface area contributed by atoms with Gasteiger partial charge in [0.05, 0.1) is 27.7 Å². The van der Waals surface area contributed by atoms with Crippen molar-refractivity contribution in [2.24, 2.45) is 0 Å². The molecular formula is C42H87NO7P+. The molecular weight excluding hydrogens is 661 g/mol. The lowest BCUT2D eigenvalue weighted by molar-refractivity contribution is -0.870. The number of esters is 1. The van der Waals surface area contributed by atoms with E-state index in [2.05, 4.69) is 13.8 Å². The Bertz CT molecular complexity index is 792. The summed E-state index contributed by atoms with van der Waals surface area (Å²) in [7, 11) is 1.73. The number of phosphoric acid groups is 1. The Morgan fingerprint density at radius 2 is 0.902 bits per heavy atom. The second-order valence-electron chi connectivity index (χ2n) is 16.1. The first-order valence-electron chi connectivity index (χ1n) is 21.8. The number of nitrogens with zero attached hydrogens (tertiary/aromatic N) is 1. The highest BCUT2D eigenvalue weighted by atomic mass is 31.2. The second-order valence-corrected chi connectivity index (χ2v) is 17.5. The number of phosphoric ester groups is 1. The van der Waals surface area contributed by atoms with Gasteiger partial charge in [0.25, 0.3) is 0 Å². The molecule has 0 amide bonds. The molecule has 2 unspecified atom stereocenters. The molecule has 0 aliphatic rings. The fourth-order valence-corrected chi connectivity index (χ4v) is 6.98. The minimum atomic E-state index is -4.23. The number of quaternary nitrogens is 1. The number of carbonyl (C=O) groups excluding carboxylic acids is 1. The summed E-state index contributed by atoms with van der Waals surface area (Å²) in [6, 6.07) is 0. The molecule has 0 fully saturated rings. The maximum absolute atomic E-state index is 12.5. The largest absolute Gasteiger partial charge is 0.472 e. The van der Waals surface area contributed by atoms with Crippen molar-refractivity contribution in [3.05, 3.63) is 0 Å². The summed E-state index contributed by atoms with van der Waals surface area (Å²) >= 11 is 0. The van der Waals surface area contributed by atoms with Crippen LogP contribution in [0.2, 0.25) is 0 Å². The molecule has 0 spiro atoms. The topological polar surface area (TPSA) is 91.3 Å². The van der Waals surface area contributed by atoms with E-state index in [0.29, 0.717) is 24.1 Å². The van der Waals surface area contributed by atoms with Crippen LogP contribution in [0.5, 0.6) is 0 Å². The molecule has 0 aromatic carbocycles. The Morgan fingerprint density at radius 1 is 0.529 bits per heavy atom. The van der Waals surface area contributed by atoms with E-state index in [1.54, 1.807) is 0 Å². The van der Waals surface area contributed by atoms with E-state index < -0.39 is 13.9 Å². The number of ether oxygens (including phenoxy) is 2. The number of carbonyl (C=O) groups is 1. The first kappa shape index (κ1) is 50.5. The van der Waals surface area contributed by atoms with Gasteiger partial charge < -0.3 is 18.9 Å². The molecule has 0 aliphatic heterocycles. The lowest BCUT2D eigenvalue weighted by Gasteiger charge is -2.24. The number of rotatable bonds is 41. The highest BCUT2D eigenvalue weighted by molar-refractivity contribution is 7.47. The van der Waals surface area contributed by atoms with Crippen LogP contribution in [0, 0.1) is 0 Å². The zero-order valence-corrected chi connectivity index (χ0v) is 35.5. The fraction of sp³-hybridized carbons (Fsp3) is 0.976. The van der Waals surface area contributed by atoms with Crippen molar-refractivity contribution in [2.75, 3.05) is 54.1 Å². The van der Waals surface area contributed by atoms with Gasteiger partial charge in [-0.25, -0.2) is 4.57 Å². The summed E-state index contributed by atoms with van der Waals surface area (Å²) < 4.78 is 35.0. The Morgan fingerprint density at radius 3 is 1.29 bits per heavy atom. The summed E-state index contributed by atoms with van der Waals surface area (Å²) in [5.41, 5.74) is 0. The summed E-state index contributed by atoms with van der Waals surface area (Å²) in [4.78, 5) is 22.7. The molecule has 0 bridgehead atoms. The van der Waals surface area contributed by atoms with Gasteiger partial charge in [-0.2, -0.15) is 0 Å². The average Bonchev–Trinajstić information content (AvgIpc) is 3.08. The maximum Gasteiger partial charge on any atom is 0.472 e. The van der Waals surface area contributed by atoms with Crippen LogP contribution in [-0.4, -0.2) is 75.6 Å². The quantitative estimate of drug-likeness (QED) is 0.0288. The molecule has 0 aliphatic carbocycles. The van der Waals surface area contributed by atoms with Crippen molar-refractivity contribution in [3.8, 4) is 0 Å². The van der Waals surface area contributed by atoms with Gasteiger partial charge in [0.15, 0.2) is 0 Å². The van der Waals surface area contributed by atoms with Crippen molar-refractivity contribution < 1.29 is 37.3 Å². The third kappa shape index (κ3) is 40.5. The fourth-order valence-electron chi connectivity index (χ4n) is 6.23. The van der Waals surface area contributed by atoms with Crippen LogP contribution < -0.4 is 0 Å². The van der Waals surface area contributed by atoms with Crippen LogP contribution in [0.3, 0.4) is 0 Å². The van der Waals surface area contributed by atoms with Crippen LogP contribution in [0.1, 0.15) is 206 Å². The lowest BCUT2D eigenvalue weighted by atomic mass is 10.0. The number of hydrogen-bond acceptors (Lipinski definition) is 6. The van der Waals surface area contributed by atoms with Crippen molar-refractivity contribution in [1.29, 1.82) is 0 Å². The van der Waals surface area contributed by atoms with Crippen molar-refractivity contribution >= 4 is 13.8 Å². The predicted octanol–water partition coefficient (Wildman–Crippen LogP) is 12.5. The van der Waals surface area contributed by atoms with E-state index in [1.165, 1.54) is 154 Å². The molecule has 0 rings (SSSR count). The third-order valence-corrected chi connectivity index (χ3v) is 10.7. The second kappa shape index (κ2) is 36.5. The van der Waals surface area contributed by atoms with Gasteiger partial charge in [0.2, 0.25) is 0 Å². The van der Waals surface area contributed by atoms with E-state index in [4.69, 9.17) is 18.5 Å². The molecule has 1 N–H and O–H groups in total. The molecule has 0 aromatic heterocycles. The van der Waals surface area contributed by atoms with Crippen LogP contribution in [-0.2, 0) is 27.9 Å². The summed E-state index contributed by atoms with van der Waals surface area (Å²) in [5, 5.41) is 0. The number of hydrogen-bond donors (Lipinski definition) is 1. The van der Waals surface area contributed by atoms with Gasteiger partial charge in [-0.05, 0) is 12.8 Å². The van der Waals surface area contributed by atoms with Crippen LogP contribution in [0.25, 0.3) is 0 Å². The molecule has 51 heavy (non-hydrogen) atoms. The van der Waals surface area contributed by atoms with Crippen LogP contribution >= 0.6 is 7.82 Å². The number of unbranched alkanes of at least 4 members (excludes halogenated alkanes) is 27. The smallest absolute Gasteiger partial charge is 0.463 e. The Labute approximate surface area is 317 Å². The molecule has 0 radical (unpaired) electrons. The van der Waals surface area contributed by atoms with E-state index >= 15 is 0 Å². The Hall–Kier alpha value is -0.500. The maximum atomic E-state index is 12.5. The monoisotopic (exact) mass is 749 g/mol. The molecule has 306 valence electrons. The minimum absolute atomic E-state index is 0.00894. The van der Waals surface area contributed by atoms with E-state index in [9.17, 15) is 14.3 Å². The van der Waals surface area contributed by atoms with E-state index in [1.807, 2.05) is 21.1 Å². The first-order valence-corrected chi connectivity index (χ1v) is 23.3. The minimum Gasteiger partial charge on any atom is -0.463 e. The van der Waals surface area contributed by atoms with Crippen molar-refractivity contribution in [1.82, 2.24) is 0 Å². The highest BCUT2D eigenvalue weighted by Gasteiger charge is 2.25. The molecule has 9 heteroatoms. The first-order chi connectivity index (χ1) is 24.6. The summed E-state index contributed by atoms with van der Waals surface area (Å²) in [5.74, 6) is -0.250.